The van der Waals surface area contributed by atoms with E-state index < -0.39 is 5.97 Å². The second kappa shape index (κ2) is 5.57. The molecule has 1 atom stereocenters. The molecule has 1 saturated heterocycles. The highest BCUT2D eigenvalue weighted by atomic mass is 79.9. The Hall–Kier alpha value is -1.62. The maximum atomic E-state index is 12.0. The zero-order valence-electron chi connectivity index (χ0n) is 10.6. The molecule has 4 nitrogen and oxygen atoms in total. The van der Waals surface area contributed by atoms with E-state index in [0.29, 0.717) is 28.7 Å². The molecule has 2 rings (SSSR count). The Bertz CT molecular complexity index is 541. The van der Waals surface area contributed by atoms with E-state index in [4.69, 9.17) is 4.74 Å². The topological polar surface area (TPSA) is 46.6 Å². The first-order valence-electron chi connectivity index (χ1n) is 5.88. The van der Waals surface area contributed by atoms with Gasteiger partial charge < -0.3 is 9.64 Å². The molecule has 0 bridgehead atoms. The van der Waals surface area contributed by atoms with Crippen LogP contribution >= 0.6 is 15.9 Å². The highest BCUT2D eigenvalue weighted by molar-refractivity contribution is 9.10. The van der Waals surface area contributed by atoms with Crippen LogP contribution in [0, 0.1) is 5.92 Å². The fourth-order valence-electron chi connectivity index (χ4n) is 2.12. The lowest BCUT2D eigenvalue weighted by atomic mass is 10.1. The third-order valence-electron chi connectivity index (χ3n) is 3.16. The summed E-state index contributed by atoms with van der Waals surface area (Å²) in [5.41, 5.74) is 1.10. The van der Waals surface area contributed by atoms with Crippen LogP contribution < -0.4 is 4.90 Å². The average molecular weight is 324 g/mol. The second-order valence-electron chi connectivity index (χ2n) is 4.33. The maximum Gasteiger partial charge on any atom is 0.339 e. The zero-order valence-corrected chi connectivity index (χ0v) is 12.1. The van der Waals surface area contributed by atoms with Crippen molar-refractivity contribution in [3.05, 3.63) is 40.9 Å². The predicted molar refractivity (Wildman–Crippen MR) is 76.1 cm³/mol. The van der Waals surface area contributed by atoms with Gasteiger partial charge in [0.2, 0.25) is 5.91 Å². The summed E-state index contributed by atoms with van der Waals surface area (Å²) in [6, 6.07) is 5.20. The number of ether oxygens (including phenoxy) is 1. The monoisotopic (exact) mass is 323 g/mol. The van der Waals surface area contributed by atoms with Gasteiger partial charge >= 0.3 is 5.97 Å². The number of nitrogens with zero attached hydrogens (tertiary/aromatic N) is 1. The third-order valence-corrected chi connectivity index (χ3v) is 4.00. The molecule has 1 aliphatic heterocycles. The highest BCUT2D eigenvalue weighted by Gasteiger charge is 2.30. The molecule has 0 aromatic heterocycles. The highest BCUT2D eigenvalue weighted by Crippen LogP contribution is 2.34. The average Bonchev–Trinajstić information content (AvgIpc) is 2.79. The summed E-state index contributed by atoms with van der Waals surface area (Å²) in [5.74, 6) is -0.241. The Labute approximate surface area is 120 Å². The Balaban J connectivity index is 2.38. The summed E-state index contributed by atoms with van der Waals surface area (Å²) < 4.78 is 5.30. The zero-order chi connectivity index (χ0) is 14.0. The van der Waals surface area contributed by atoms with E-state index in [2.05, 4.69) is 22.5 Å². The van der Waals surface area contributed by atoms with Crippen molar-refractivity contribution in [2.24, 2.45) is 5.92 Å². The van der Waals surface area contributed by atoms with Gasteiger partial charge in [-0.3, -0.25) is 4.79 Å². The molecule has 1 aromatic rings. The number of methoxy groups -OCH3 is 1. The predicted octanol–water partition coefficient (Wildman–Crippen LogP) is 2.77. The van der Waals surface area contributed by atoms with Crippen LogP contribution in [0.1, 0.15) is 16.8 Å². The van der Waals surface area contributed by atoms with E-state index in [0.717, 1.165) is 0 Å². The molecule has 0 aliphatic carbocycles. The lowest BCUT2D eigenvalue weighted by Gasteiger charge is -2.19. The van der Waals surface area contributed by atoms with Gasteiger partial charge in [-0.1, -0.05) is 12.1 Å². The van der Waals surface area contributed by atoms with Crippen LogP contribution in [-0.2, 0) is 9.53 Å². The van der Waals surface area contributed by atoms with Crippen LogP contribution in [0.25, 0.3) is 0 Å². The van der Waals surface area contributed by atoms with Crippen molar-refractivity contribution in [3.8, 4) is 0 Å². The van der Waals surface area contributed by atoms with Gasteiger partial charge in [-0.25, -0.2) is 4.79 Å². The van der Waals surface area contributed by atoms with Crippen LogP contribution in [0.15, 0.2) is 35.3 Å². The SMILES string of the molecule is C=CC1CC(=O)N(c2cccc(C(=O)OC)c2Br)C1. The van der Waals surface area contributed by atoms with Crippen LogP contribution in [0.4, 0.5) is 5.69 Å². The first-order valence-corrected chi connectivity index (χ1v) is 6.67. The van der Waals surface area contributed by atoms with E-state index in [9.17, 15) is 9.59 Å². The van der Waals surface area contributed by atoms with Crippen LogP contribution in [0.2, 0.25) is 0 Å². The molecule has 0 radical (unpaired) electrons. The van der Waals surface area contributed by atoms with Gasteiger partial charge in [-0.05, 0) is 28.1 Å². The van der Waals surface area contributed by atoms with Crippen molar-refractivity contribution in [1.82, 2.24) is 0 Å². The lowest BCUT2D eigenvalue weighted by Crippen LogP contribution is -2.25. The van der Waals surface area contributed by atoms with E-state index >= 15 is 0 Å². The molecule has 1 amide bonds. The molecule has 100 valence electrons. The summed E-state index contributed by atoms with van der Waals surface area (Å²) in [5, 5.41) is 0. The minimum atomic E-state index is -0.430. The van der Waals surface area contributed by atoms with Gasteiger partial charge in [0.05, 0.1) is 22.8 Å². The third kappa shape index (κ3) is 2.56. The fourth-order valence-corrected chi connectivity index (χ4v) is 2.76. The number of rotatable bonds is 3. The van der Waals surface area contributed by atoms with Gasteiger partial charge in [0.1, 0.15) is 0 Å². The number of anilines is 1. The van der Waals surface area contributed by atoms with E-state index in [-0.39, 0.29) is 11.8 Å². The number of benzene rings is 1. The molecule has 1 heterocycles. The van der Waals surface area contributed by atoms with Crippen molar-refractivity contribution in [3.63, 3.8) is 0 Å². The fraction of sp³-hybridized carbons (Fsp3) is 0.286. The number of carbonyl (C=O) groups is 2. The van der Waals surface area contributed by atoms with E-state index in [1.807, 2.05) is 0 Å². The van der Waals surface area contributed by atoms with Crippen molar-refractivity contribution in [2.75, 3.05) is 18.6 Å². The first kappa shape index (κ1) is 13.8. The number of carbonyl (C=O) groups excluding carboxylic acids is 2. The Morgan fingerprint density at radius 2 is 2.32 bits per heavy atom. The molecular weight excluding hydrogens is 310 g/mol. The quantitative estimate of drug-likeness (QED) is 0.634. The number of halogens is 1. The van der Waals surface area contributed by atoms with E-state index in [1.165, 1.54) is 7.11 Å². The summed E-state index contributed by atoms with van der Waals surface area (Å²) in [6.07, 6.45) is 2.24. The summed E-state index contributed by atoms with van der Waals surface area (Å²) >= 11 is 3.38. The summed E-state index contributed by atoms with van der Waals surface area (Å²) in [6.45, 7) is 4.31. The van der Waals surface area contributed by atoms with Gasteiger partial charge in [0, 0.05) is 18.9 Å². The molecule has 1 aliphatic rings. The van der Waals surface area contributed by atoms with Crippen molar-refractivity contribution in [2.45, 2.75) is 6.42 Å². The Morgan fingerprint density at radius 1 is 1.58 bits per heavy atom. The van der Waals surface area contributed by atoms with Gasteiger partial charge in [0.15, 0.2) is 0 Å². The maximum absolute atomic E-state index is 12.0. The molecule has 19 heavy (non-hydrogen) atoms. The van der Waals surface area contributed by atoms with Crippen LogP contribution in [0.5, 0.6) is 0 Å². The number of hydrogen-bond donors (Lipinski definition) is 0. The number of amides is 1. The van der Waals surface area contributed by atoms with Crippen LogP contribution in [-0.4, -0.2) is 25.5 Å². The molecule has 0 N–H and O–H groups in total. The molecule has 5 heteroatoms. The molecule has 0 saturated carbocycles. The normalized spacial score (nSPS) is 18.5. The number of esters is 1. The molecule has 1 unspecified atom stereocenters. The van der Waals surface area contributed by atoms with Gasteiger partial charge in [-0.15, -0.1) is 6.58 Å². The van der Waals surface area contributed by atoms with Gasteiger partial charge in [0.25, 0.3) is 0 Å². The second-order valence-corrected chi connectivity index (χ2v) is 5.13. The standard InChI is InChI=1S/C14H14BrNO3/c1-3-9-7-12(17)16(8-9)11-6-4-5-10(13(11)15)14(18)19-2/h3-6,9H,1,7-8H2,2H3. The Kier molecular flexibility index (Phi) is 4.04. The largest absolute Gasteiger partial charge is 0.465 e. The van der Waals surface area contributed by atoms with Gasteiger partial charge in [-0.2, -0.15) is 0 Å². The van der Waals surface area contributed by atoms with Crippen molar-refractivity contribution in [1.29, 1.82) is 0 Å². The van der Waals surface area contributed by atoms with Crippen molar-refractivity contribution >= 4 is 33.5 Å². The lowest BCUT2D eigenvalue weighted by molar-refractivity contribution is -0.117. The van der Waals surface area contributed by atoms with E-state index in [1.54, 1.807) is 29.2 Å². The summed E-state index contributed by atoms with van der Waals surface area (Å²) in [4.78, 5) is 25.3. The van der Waals surface area contributed by atoms with Crippen molar-refractivity contribution < 1.29 is 14.3 Å². The number of hydrogen-bond acceptors (Lipinski definition) is 3. The smallest absolute Gasteiger partial charge is 0.339 e. The first-order chi connectivity index (χ1) is 9.08. The summed E-state index contributed by atoms with van der Waals surface area (Å²) in [7, 11) is 1.33. The Morgan fingerprint density at radius 3 is 2.89 bits per heavy atom. The molecular formula is C14H14BrNO3. The molecule has 1 aromatic carbocycles. The minimum Gasteiger partial charge on any atom is -0.465 e. The van der Waals surface area contributed by atoms with Crippen LogP contribution in [0.3, 0.4) is 0 Å². The molecule has 1 fully saturated rings. The minimum absolute atomic E-state index is 0.0348. The molecule has 0 spiro atoms.